The molecule has 2 saturated heterocycles. The molecule has 0 aromatic carbocycles. The number of hydrogen-bond acceptors (Lipinski definition) is 10. The second-order valence-electron chi connectivity index (χ2n) is 11.3. The highest BCUT2D eigenvalue weighted by Crippen LogP contribution is 2.25. The Bertz CT molecular complexity index is 1040. The fraction of sp³-hybridized carbons (Fsp3) is 0.704. The minimum Gasteiger partial charge on any atom is -0.456 e. The Labute approximate surface area is 253 Å². The zero-order valence-corrected chi connectivity index (χ0v) is 25.9. The van der Waals surface area contributed by atoms with Gasteiger partial charge in [0.2, 0.25) is 29.5 Å². The minimum atomic E-state index is -1.13. The molecule has 3 rings (SSSR count). The summed E-state index contributed by atoms with van der Waals surface area (Å²) >= 11 is 0. The third-order valence-corrected chi connectivity index (χ3v) is 9.27. The lowest BCUT2D eigenvalue weighted by molar-refractivity contribution is -0.149. The zero-order chi connectivity index (χ0) is 30.7. The van der Waals surface area contributed by atoms with Crippen molar-refractivity contribution in [1.82, 2.24) is 26.2 Å². The Kier molecular flexibility index (Phi) is 13.0. The Morgan fingerprint density at radius 3 is 2.45 bits per heavy atom. The second-order valence-corrected chi connectivity index (χ2v) is 13.9. The van der Waals surface area contributed by atoms with Gasteiger partial charge in [0, 0.05) is 31.0 Å². The highest BCUT2D eigenvalue weighted by molar-refractivity contribution is 8.76. The number of rotatable bonds is 3. The third kappa shape index (κ3) is 10.8. The van der Waals surface area contributed by atoms with Gasteiger partial charge in [-0.3, -0.25) is 28.8 Å². The molecule has 3 aliphatic rings. The van der Waals surface area contributed by atoms with Gasteiger partial charge in [-0.15, -0.1) is 0 Å². The standard InChI is InChI=1S/C27H41N5O8S2/c1-27(2,3)23-26(38)28-15-22(35)40-17-6-4-5-13-41-42-16-19(25(37)31-23)30-24(36)18(29-20(33)14-17)7-8-21(34)32-9-11-39-12-10-32/h4,6,17-19,23H,5,7-16H2,1-3H3,(H,28,38)(H,29,33)(H,30,36)(H,31,37)/b6-4+/t17-,18-,19-,23+/m1/s1. The van der Waals surface area contributed by atoms with Crippen LogP contribution in [0.15, 0.2) is 12.2 Å². The number of fused-ring (bicyclic) bond motifs is 7. The Morgan fingerprint density at radius 1 is 1.00 bits per heavy atom. The molecule has 2 fully saturated rings. The molecule has 0 aliphatic carbocycles. The van der Waals surface area contributed by atoms with Gasteiger partial charge in [-0.25, -0.2) is 0 Å². The van der Waals surface area contributed by atoms with Gasteiger partial charge in [0.25, 0.3) is 0 Å². The van der Waals surface area contributed by atoms with Gasteiger partial charge < -0.3 is 35.6 Å². The number of allylic oxidation sites excluding steroid dienone is 1. The van der Waals surface area contributed by atoms with E-state index in [-0.39, 0.29) is 30.9 Å². The lowest BCUT2D eigenvalue weighted by Crippen LogP contribution is -2.60. The van der Waals surface area contributed by atoms with Crippen molar-refractivity contribution in [1.29, 1.82) is 0 Å². The van der Waals surface area contributed by atoms with Crippen LogP contribution in [0.3, 0.4) is 0 Å². The number of nitrogens with one attached hydrogen (secondary N) is 4. The largest absolute Gasteiger partial charge is 0.456 e. The Hall–Kier alpha value is -2.78. The number of nitrogens with zero attached hydrogens (tertiary/aromatic N) is 1. The molecule has 0 radical (unpaired) electrons. The van der Waals surface area contributed by atoms with Crippen molar-refractivity contribution in [2.75, 3.05) is 44.4 Å². The lowest BCUT2D eigenvalue weighted by atomic mass is 9.86. The van der Waals surface area contributed by atoms with E-state index in [4.69, 9.17) is 9.47 Å². The summed E-state index contributed by atoms with van der Waals surface area (Å²) < 4.78 is 10.8. The number of morpholine rings is 1. The van der Waals surface area contributed by atoms with Crippen LogP contribution in [0.2, 0.25) is 0 Å². The SMILES string of the molecule is CC(C)(C)[C@H]1NC(=O)[C@H]2CSSCC/C=C/[C@H](CC(=O)N[C@H](CCC(=O)N3CCOCC3)C(=O)N2)OC(=O)CNC1=O. The average Bonchev–Trinajstić information content (AvgIpc) is 2.94. The predicted molar refractivity (Wildman–Crippen MR) is 158 cm³/mol. The van der Waals surface area contributed by atoms with E-state index in [2.05, 4.69) is 21.3 Å². The molecule has 0 unspecified atom stereocenters. The quantitative estimate of drug-likeness (QED) is 0.188. The minimum absolute atomic E-state index is 0.00267. The van der Waals surface area contributed by atoms with Gasteiger partial charge in [0.05, 0.1) is 19.6 Å². The summed E-state index contributed by atoms with van der Waals surface area (Å²) in [5.74, 6) is -2.43. The van der Waals surface area contributed by atoms with Gasteiger partial charge in [-0.05, 0) is 24.3 Å². The summed E-state index contributed by atoms with van der Waals surface area (Å²) in [6, 6.07) is -3.18. The van der Waals surface area contributed by atoms with Crippen molar-refractivity contribution >= 4 is 57.1 Å². The van der Waals surface area contributed by atoms with Crippen LogP contribution in [-0.2, 0) is 38.2 Å². The van der Waals surface area contributed by atoms with Gasteiger partial charge in [-0.1, -0.05) is 48.4 Å². The second kappa shape index (κ2) is 16.2. The summed E-state index contributed by atoms with van der Waals surface area (Å²) in [5, 5.41) is 10.7. The first-order valence-corrected chi connectivity index (χ1v) is 16.6. The number of esters is 1. The first-order valence-electron chi connectivity index (χ1n) is 14.1. The Morgan fingerprint density at radius 2 is 1.74 bits per heavy atom. The maximum absolute atomic E-state index is 13.5. The molecule has 2 bridgehead atoms. The maximum atomic E-state index is 13.5. The predicted octanol–water partition coefficient (Wildman–Crippen LogP) is -0.101. The van der Waals surface area contributed by atoms with Crippen LogP contribution < -0.4 is 21.3 Å². The molecular formula is C27H41N5O8S2. The van der Waals surface area contributed by atoms with E-state index in [1.165, 1.54) is 21.6 Å². The molecule has 4 N–H and O–H groups in total. The topological polar surface area (TPSA) is 172 Å². The van der Waals surface area contributed by atoms with E-state index in [1.807, 2.05) is 0 Å². The number of hydrogen-bond donors (Lipinski definition) is 4. The van der Waals surface area contributed by atoms with E-state index in [1.54, 1.807) is 37.8 Å². The van der Waals surface area contributed by atoms with Crippen molar-refractivity contribution in [2.45, 2.75) is 70.7 Å². The summed E-state index contributed by atoms with van der Waals surface area (Å²) in [7, 11) is 2.89. The lowest BCUT2D eigenvalue weighted by Gasteiger charge is -2.32. The zero-order valence-electron chi connectivity index (χ0n) is 24.3. The molecule has 0 aromatic rings. The fourth-order valence-corrected chi connectivity index (χ4v) is 6.63. The molecule has 234 valence electrons. The van der Waals surface area contributed by atoms with Gasteiger partial charge >= 0.3 is 5.97 Å². The number of amides is 5. The average molecular weight is 628 g/mol. The first kappa shape index (κ1) is 33.7. The molecule has 3 aliphatic heterocycles. The van der Waals surface area contributed by atoms with Crippen LogP contribution in [0, 0.1) is 5.41 Å². The highest BCUT2D eigenvalue weighted by atomic mass is 33.1. The van der Waals surface area contributed by atoms with Crippen LogP contribution >= 0.6 is 21.6 Å². The molecule has 0 spiro atoms. The molecule has 0 saturated carbocycles. The van der Waals surface area contributed by atoms with Crippen molar-refractivity contribution in [2.24, 2.45) is 5.41 Å². The highest BCUT2D eigenvalue weighted by Gasteiger charge is 2.36. The van der Waals surface area contributed by atoms with Crippen molar-refractivity contribution in [3.8, 4) is 0 Å². The maximum Gasteiger partial charge on any atom is 0.326 e. The molecule has 5 amide bonds. The molecule has 4 atom stereocenters. The van der Waals surface area contributed by atoms with Crippen LogP contribution in [0.1, 0.15) is 46.5 Å². The fourth-order valence-electron chi connectivity index (χ4n) is 4.48. The van der Waals surface area contributed by atoms with E-state index < -0.39 is 65.8 Å². The van der Waals surface area contributed by atoms with Crippen LogP contribution in [-0.4, -0.2) is 109 Å². The molecule has 0 aromatic heterocycles. The van der Waals surface area contributed by atoms with Crippen LogP contribution in [0.4, 0.5) is 0 Å². The van der Waals surface area contributed by atoms with Gasteiger partial charge in [-0.2, -0.15) is 0 Å². The van der Waals surface area contributed by atoms with Crippen molar-refractivity contribution in [3.63, 3.8) is 0 Å². The Balaban J connectivity index is 1.92. The summed E-state index contributed by atoms with van der Waals surface area (Å²) in [4.78, 5) is 80.3. The van der Waals surface area contributed by atoms with Crippen molar-refractivity contribution < 1.29 is 38.2 Å². The smallest absolute Gasteiger partial charge is 0.326 e. The molecule has 42 heavy (non-hydrogen) atoms. The van der Waals surface area contributed by atoms with E-state index in [0.717, 1.165) is 0 Å². The third-order valence-electron chi connectivity index (χ3n) is 6.82. The van der Waals surface area contributed by atoms with E-state index in [9.17, 15) is 28.8 Å². The summed E-state index contributed by atoms with van der Waals surface area (Å²) in [6.07, 6.45) is 2.82. The van der Waals surface area contributed by atoms with Crippen LogP contribution in [0.5, 0.6) is 0 Å². The number of carbonyl (C=O) groups excluding carboxylic acids is 6. The van der Waals surface area contributed by atoms with Crippen molar-refractivity contribution in [3.05, 3.63) is 12.2 Å². The van der Waals surface area contributed by atoms with Crippen LogP contribution in [0.25, 0.3) is 0 Å². The molecular weight excluding hydrogens is 586 g/mol. The van der Waals surface area contributed by atoms with E-state index >= 15 is 0 Å². The molecule has 13 nitrogen and oxygen atoms in total. The summed E-state index contributed by atoms with van der Waals surface area (Å²) in [5.41, 5.74) is -0.726. The number of carbonyl (C=O) groups is 6. The van der Waals surface area contributed by atoms with E-state index in [0.29, 0.717) is 38.5 Å². The number of ether oxygens (including phenoxy) is 2. The normalized spacial score (nSPS) is 28.4. The molecule has 3 heterocycles. The first-order chi connectivity index (χ1) is 19.9. The molecule has 15 heteroatoms. The van der Waals surface area contributed by atoms with Gasteiger partial charge in [0.15, 0.2) is 0 Å². The summed E-state index contributed by atoms with van der Waals surface area (Å²) in [6.45, 7) is 6.61. The monoisotopic (exact) mass is 627 g/mol. The van der Waals surface area contributed by atoms with Gasteiger partial charge in [0.1, 0.15) is 30.8 Å².